The fourth-order valence-corrected chi connectivity index (χ4v) is 1.98. The van der Waals surface area contributed by atoms with Crippen LogP contribution in [0.25, 0.3) is 0 Å². The lowest BCUT2D eigenvalue weighted by Crippen LogP contribution is -2.26. The summed E-state index contributed by atoms with van der Waals surface area (Å²) in [6.45, 7) is 5.30. The minimum absolute atomic E-state index is 0.429. The maximum atomic E-state index is 10.5. The zero-order chi connectivity index (χ0) is 11.4. The molecule has 1 aromatic rings. The van der Waals surface area contributed by atoms with E-state index in [1.165, 1.54) is 19.4 Å². The second kappa shape index (κ2) is 5.30. The van der Waals surface area contributed by atoms with Gasteiger partial charge in [0.1, 0.15) is 5.76 Å². The number of rotatable bonds is 7. The largest absolute Gasteiger partial charge is 0.457 e. The van der Waals surface area contributed by atoms with Crippen LogP contribution in [0.2, 0.25) is 0 Å². The summed E-state index contributed by atoms with van der Waals surface area (Å²) in [7, 11) is 0. The molecule has 0 atom stereocenters. The molecule has 0 spiro atoms. The van der Waals surface area contributed by atoms with Crippen LogP contribution in [-0.2, 0) is 6.54 Å². The van der Waals surface area contributed by atoms with Gasteiger partial charge in [0.15, 0.2) is 12.0 Å². The van der Waals surface area contributed by atoms with Gasteiger partial charge < -0.3 is 4.42 Å². The van der Waals surface area contributed by atoms with E-state index in [-0.39, 0.29) is 0 Å². The van der Waals surface area contributed by atoms with E-state index in [9.17, 15) is 4.79 Å². The molecule has 0 radical (unpaired) electrons. The van der Waals surface area contributed by atoms with Crippen LogP contribution in [-0.4, -0.2) is 24.3 Å². The lowest BCUT2D eigenvalue weighted by Gasteiger charge is -2.19. The van der Waals surface area contributed by atoms with Crippen LogP contribution in [0.5, 0.6) is 0 Å². The van der Waals surface area contributed by atoms with E-state index >= 15 is 0 Å². The van der Waals surface area contributed by atoms with E-state index in [1.54, 1.807) is 6.07 Å². The number of hydrogen-bond donors (Lipinski definition) is 0. The summed E-state index contributed by atoms with van der Waals surface area (Å²) in [5.41, 5.74) is 0. The monoisotopic (exact) mass is 221 g/mol. The van der Waals surface area contributed by atoms with Crippen LogP contribution in [0.4, 0.5) is 0 Å². The van der Waals surface area contributed by atoms with Crippen LogP contribution in [0.1, 0.15) is 42.5 Å². The Kier molecular flexibility index (Phi) is 3.78. The number of hydrogen-bond acceptors (Lipinski definition) is 3. The van der Waals surface area contributed by atoms with E-state index in [4.69, 9.17) is 4.42 Å². The highest BCUT2D eigenvalue weighted by Crippen LogP contribution is 2.30. The summed E-state index contributed by atoms with van der Waals surface area (Å²) in [4.78, 5) is 12.9. The summed E-state index contributed by atoms with van der Waals surface area (Å²) in [5.74, 6) is 2.22. The predicted molar refractivity (Wildman–Crippen MR) is 62.4 cm³/mol. The quantitative estimate of drug-likeness (QED) is 0.664. The van der Waals surface area contributed by atoms with Crippen LogP contribution in [0, 0.1) is 5.92 Å². The average Bonchev–Trinajstić information content (AvgIpc) is 2.96. The van der Waals surface area contributed by atoms with Crippen molar-refractivity contribution in [2.24, 2.45) is 5.92 Å². The van der Waals surface area contributed by atoms with Crippen molar-refractivity contribution < 1.29 is 9.21 Å². The zero-order valence-corrected chi connectivity index (χ0v) is 9.82. The molecule has 1 heterocycles. The first-order valence-corrected chi connectivity index (χ1v) is 6.08. The van der Waals surface area contributed by atoms with Gasteiger partial charge in [0.05, 0.1) is 6.54 Å². The van der Waals surface area contributed by atoms with Crippen molar-refractivity contribution in [1.82, 2.24) is 4.90 Å². The normalized spacial score (nSPS) is 15.6. The molecule has 1 fully saturated rings. The molecule has 1 aliphatic carbocycles. The topological polar surface area (TPSA) is 33.5 Å². The minimum atomic E-state index is 0.429. The Morgan fingerprint density at radius 3 is 2.88 bits per heavy atom. The molecule has 0 bridgehead atoms. The second-order valence-corrected chi connectivity index (χ2v) is 4.60. The third-order valence-electron chi connectivity index (χ3n) is 2.93. The maximum Gasteiger partial charge on any atom is 0.185 e. The molecule has 3 heteroatoms. The first-order valence-electron chi connectivity index (χ1n) is 6.08. The fourth-order valence-electron chi connectivity index (χ4n) is 1.98. The van der Waals surface area contributed by atoms with E-state index in [2.05, 4.69) is 11.8 Å². The lowest BCUT2D eigenvalue weighted by atomic mass is 10.3. The van der Waals surface area contributed by atoms with Crippen molar-refractivity contribution in [1.29, 1.82) is 0 Å². The predicted octanol–water partition coefficient (Wildman–Crippen LogP) is 2.71. The summed E-state index contributed by atoms with van der Waals surface area (Å²) in [5, 5.41) is 0. The van der Waals surface area contributed by atoms with Crippen molar-refractivity contribution in [2.45, 2.75) is 32.7 Å². The number of nitrogens with zero attached hydrogens (tertiary/aromatic N) is 1. The maximum absolute atomic E-state index is 10.5. The van der Waals surface area contributed by atoms with Crippen LogP contribution in [0.3, 0.4) is 0 Å². The number of carbonyl (C=O) groups is 1. The molecule has 0 aliphatic heterocycles. The van der Waals surface area contributed by atoms with Gasteiger partial charge in [-0.05, 0) is 43.9 Å². The first-order chi connectivity index (χ1) is 7.81. The highest BCUT2D eigenvalue weighted by atomic mass is 16.3. The molecular weight excluding hydrogens is 202 g/mol. The first kappa shape index (κ1) is 11.4. The van der Waals surface area contributed by atoms with Gasteiger partial charge in [-0.1, -0.05) is 6.92 Å². The minimum Gasteiger partial charge on any atom is -0.457 e. The third-order valence-corrected chi connectivity index (χ3v) is 2.93. The van der Waals surface area contributed by atoms with Gasteiger partial charge in [0, 0.05) is 6.54 Å². The van der Waals surface area contributed by atoms with Crippen molar-refractivity contribution in [3.63, 3.8) is 0 Å². The van der Waals surface area contributed by atoms with Gasteiger partial charge in [-0.25, -0.2) is 0 Å². The van der Waals surface area contributed by atoms with Gasteiger partial charge in [0.25, 0.3) is 0 Å². The van der Waals surface area contributed by atoms with Crippen molar-refractivity contribution in [3.05, 3.63) is 23.7 Å². The van der Waals surface area contributed by atoms with E-state index < -0.39 is 0 Å². The fraction of sp³-hybridized carbons (Fsp3) is 0.615. The molecule has 1 saturated carbocycles. The number of aldehydes is 1. The molecule has 3 nitrogen and oxygen atoms in total. The molecule has 0 aromatic carbocycles. The Morgan fingerprint density at radius 2 is 2.31 bits per heavy atom. The Labute approximate surface area is 96.4 Å². The Balaban J connectivity index is 1.89. The van der Waals surface area contributed by atoms with E-state index in [1.807, 2.05) is 6.07 Å². The number of carbonyl (C=O) groups excluding carboxylic acids is 1. The zero-order valence-electron chi connectivity index (χ0n) is 9.82. The van der Waals surface area contributed by atoms with Crippen molar-refractivity contribution >= 4 is 6.29 Å². The molecule has 0 N–H and O–H groups in total. The van der Waals surface area contributed by atoms with Crippen LogP contribution >= 0.6 is 0 Å². The highest BCUT2D eigenvalue weighted by molar-refractivity contribution is 5.70. The SMILES string of the molecule is CCCN(Cc1ccc(C=O)o1)CC1CC1. The number of furan rings is 1. The summed E-state index contributed by atoms with van der Waals surface area (Å²) < 4.78 is 5.40. The Morgan fingerprint density at radius 1 is 1.50 bits per heavy atom. The molecule has 1 aliphatic rings. The van der Waals surface area contributed by atoms with Crippen molar-refractivity contribution in [3.8, 4) is 0 Å². The third kappa shape index (κ3) is 3.20. The standard InChI is InChI=1S/C13H19NO2/c1-2-7-14(8-11-3-4-11)9-12-5-6-13(10-15)16-12/h5-6,10-11H,2-4,7-9H2,1H3. The molecule has 2 rings (SSSR count). The summed E-state index contributed by atoms with van der Waals surface area (Å²) in [6.07, 6.45) is 4.67. The van der Waals surface area contributed by atoms with E-state index in [0.717, 1.165) is 37.5 Å². The van der Waals surface area contributed by atoms with Gasteiger partial charge in [-0.3, -0.25) is 9.69 Å². The lowest BCUT2D eigenvalue weighted by molar-refractivity contribution is 0.109. The van der Waals surface area contributed by atoms with Crippen molar-refractivity contribution in [2.75, 3.05) is 13.1 Å². The van der Waals surface area contributed by atoms with Gasteiger partial charge in [-0.2, -0.15) is 0 Å². The summed E-state index contributed by atoms with van der Waals surface area (Å²) >= 11 is 0. The second-order valence-electron chi connectivity index (χ2n) is 4.60. The molecule has 0 unspecified atom stereocenters. The molecule has 0 amide bonds. The van der Waals surface area contributed by atoms with Gasteiger partial charge in [0.2, 0.25) is 0 Å². The average molecular weight is 221 g/mol. The van der Waals surface area contributed by atoms with Gasteiger partial charge >= 0.3 is 0 Å². The van der Waals surface area contributed by atoms with Crippen LogP contribution < -0.4 is 0 Å². The van der Waals surface area contributed by atoms with Gasteiger partial charge in [-0.15, -0.1) is 0 Å². The highest BCUT2D eigenvalue weighted by Gasteiger charge is 2.24. The molecule has 0 saturated heterocycles. The molecule has 1 aromatic heterocycles. The Hall–Kier alpha value is -1.09. The van der Waals surface area contributed by atoms with Crippen LogP contribution in [0.15, 0.2) is 16.5 Å². The smallest absolute Gasteiger partial charge is 0.185 e. The molecule has 16 heavy (non-hydrogen) atoms. The Bertz CT molecular complexity index is 341. The molecular formula is C13H19NO2. The molecule has 88 valence electrons. The summed E-state index contributed by atoms with van der Waals surface area (Å²) in [6, 6.07) is 3.64. The van der Waals surface area contributed by atoms with E-state index in [0.29, 0.717) is 5.76 Å².